The maximum absolute atomic E-state index is 12.5. The zero-order chi connectivity index (χ0) is 10.2. The molecule has 4 heteroatoms. The van der Waals surface area contributed by atoms with Gasteiger partial charge in [-0.15, -0.1) is 0 Å². The lowest BCUT2D eigenvalue weighted by Crippen LogP contribution is -2.13. The highest BCUT2D eigenvalue weighted by Gasteiger charge is 1.93. The van der Waals surface area contributed by atoms with Crippen LogP contribution >= 0.6 is 0 Å². The first kappa shape index (κ1) is 10.9. The van der Waals surface area contributed by atoms with Gasteiger partial charge in [-0.3, -0.25) is 0 Å². The van der Waals surface area contributed by atoms with E-state index in [4.69, 9.17) is 15.2 Å². The van der Waals surface area contributed by atoms with E-state index in [2.05, 4.69) is 0 Å². The summed E-state index contributed by atoms with van der Waals surface area (Å²) in [6.07, 6.45) is 0. The maximum atomic E-state index is 12.5. The van der Waals surface area contributed by atoms with E-state index in [1.807, 2.05) is 0 Å². The van der Waals surface area contributed by atoms with Crippen LogP contribution in [0.1, 0.15) is 0 Å². The average molecular weight is 199 g/mol. The number of ether oxygens (including phenoxy) is 2. The van der Waals surface area contributed by atoms with Gasteiger partial charge in [0.25, 0.3) is 0 Å². The van der Waals surface area contributed by atoms with Crippen LogP contribution < -0.4 is 10.5 Å². The third kappa shape index (κ3) is 4.20. The van der Waals surface area contributed by atoms with Crippen molar-refractivity contribution in [2.24, 2.45) is 5.73 Å². The Morgan fingerprint density at radius 2 is 1.79 bits per heavy atom. The number of benzene rings is 1. The molecule has 14 heavy (non-hydrogen) atoms. The van der Waals surface area contributed by atoms with E-state index in [0.29, 0.717) is 32.1 Å². The molecule has 78 valence electrons. The molecule has 0 atom stereocenters. The van der Waals surface area contributed by atoms with Crippen LogP contribution in [0.2, 0.25) is 0 Å². The molecule has 1 aromatic rings. The first-order valence-electron chi connectivity index (χ1n) is 4.49. The molecule has 0 spiro atoms. The number of nitrogens with two attached hydrogens (primary N) is 1. The summed E-state index contributed by atoms with van der Waals surface area (Å²) in [6.45, 7) is 1.99. The predicted octanol–water partition coefficient (Wildman–Crippen LogP) is 1.18. The first-order valence-corrected chi connectivity index (χ1v) is 4.49. The topological polar surface area (TPSA) is 44.5 Å². The highest BCUT2D eigenvalue weighted by molar-refractivity contribution is 5.21. The fraction of sp³-hybridized carbons (Fsp3) is 0.400. The van der Waals surface area contributed by atoms with Gasteiger partial charge in [0.1, 0.15) is 18.2 Å². The van der Waals surface area contributed by atoms with E-state index in [1.165, 1.54) is 12.1 Å². The van der Waals surface area contributed by atoms with Crippen molar-refractivity contribution in [1.29, 1.82) is 0 Å². The molecule has 0 bridgehead atoms. The lowest BCUT2D eigenvalue weighted by molar-refractivity contribution is 0.106. The van der Waals surface area contributed by atoms with Gasteiger partial charge in [0.2, 0.25) is 0 Å². The second kappa shape index (κ2) is 6.34. The van der Waals surface area contributed by atoms with Gasteiger partial charge in [-0.1, -0.05) is 0 Å². The number of hydrogen-bond donors (Lipinski definition) is 1. The van der Waals surface area contributed by atoms with Gasteiger partial charge >= 0.3 is 0 Å². The second-order valence-electron chi connectivity index (χ2n) is 2.70. The fourth-order valence-corrected chi connectivity index (χ4v) is 0.935. The van der Waals surface area contributed by atoms with Crippen molar-refractivity contribution in [3.63, 3.8) is 0 Å². The van der Waals surface area contributed by atoms with Crippen molar-refractivity contribution in [1.82, 2.24) is 0 Å². The summed E-state index contributed by atoms with van der Waals surface area (Å²) in [5.41, 5.74) is 5.23. The molecule has 3 nitrogen and oxygen atoms in total. The minimum absolute atomic E-state index is 0.267. The molecule has 0 aliphatic heterocycles. The quantitative estimate of drug-likeness (QED) is 0.700. The summed E-state index contributed by atoms with van der Waals surface area (Å²) in [6, 6.07) is 5.88. The van der Waals surface area contributed by atoms with Gasteiger partial charge in [-0.2, -0.15) is 0 Å². The molecule has 0 fully saturated rings. The molecule has 0 amide bonds. The summed E-state index contributed by atoms with van der Waals surface area (Å²) in [4.78, 5) is 0. The van der Waals surface area contributed by atoms with Crippen LogP contribution in [0, 0.1) is 5.82 Å². The average Bonchev–Trinajstić information content (AvgIpc) is 2.21. The number of rotatable bonds is 6. The van der Waals surface area contributed by atoms with Crippen molar-refractivity contribution in [3.8, 4) is 5.75 Å². The molecule has 2 N–H and O–H groups in total. The van der Waals surface area contributed by atoms with E-state index < -0.39 is 0 Å². The number of halogens is 1. The van der Waals surface area contributed by atoms with Crippen LogP contribution in [0.25, 0.3) is 0 Å². The van der Waals surface area contributed by atoms with Crippen LogP contribution in [0.5, 0.6) is 5.75 Å². The highest BCUT2D eigenvalue weighted by atomic mass is 19.1. The molecule has 0 aliphatic carbocycles. The van der Waals surface area contributed by atoms with Crippen LogP contribution in [-0.2, 0) is 4.74 Å². The maximum Gasteiger partial charge on any atom is 0.123 e. The van der Waals surface area contributed by atoms with Crippen LogP contribution in [0.4, 0.5) is 4.39 Å². The van der Waals surface area contributed by atoms with E-state index in [0.717, 1.165) is 0 Å². The molecule has 0 heterocycles. The Balaban J connectivity index is 2.15. The van der Waals surface area contributed by atoms with Crippen molar-refractivity contribution >= 4 is 0 Å². The van der Waals surface area contributed by atoms with Crippen molar-refractivity contribution in [2.75, 3.05) is 26.4 Å². The van der Waals surface area contributed by atoms with Gasteiger partial charge in [-0.25, -0.2) is 4.39 Å². The third-order valence-corrected chi connectivity index (χ3v) is 1.57. The second-order valence-corrected chi connectivity index (χ2v) is 2.70. The van der Waals surface area contributed by atoms with Crippen molar-refractivity contribution in [3.05, 3.63) is 30.1 Å². The first-order chi connectivity index (χ1) is 6.83. The lowest BCUT2D eigenvalue weighted by Gasteiger charge is -2.05. The molecule has 0 unspecified atom stereocenters. The summed E-state index contributed by atoms with van der Waals surface area (Å²) in [5, 5.41) is 0. The van der Waals surface area contributed by atoms with Crippen LogP contribution in [0.15, 0.2) is 24.3 Å². The molecule has 0 aliphatic rings. The molecule has 0 aromatic heterocycles. The van der Waals surface area contributed by atoms with E-state index in [1.54, 1.807) is 12.1 Å². The molecule has 1 rings (SSSR count). The smallest absolute Gasteiger partial charge is 0.123 e. The predicted molar refractivity (Wildman–Crippen MR) is 51.8 cm³/mol. The number of hydrogen-bond acceptors (Lipinski definition) is 3. The minimum Gasteiger partial charge on any atom is -0.491 e. The summed E-state index contributed by atoms with van der Waals surface area (Å²) < 4.78 is 22.9. The normalized spacial score (nSPS) is 10.1. The zero-order valence-corrected chi connectivity index (χ0v) is 7.91. The Morgan fingerprint density at radius 1 is 1.07 bits per heavy atom. The zero-order valence-electron chi connectivity index (χ0n) is 7.91. The third-order valence-electron chi connectivity index (χ3n) is 1.57. The molecule has 0 radical (unpaired) electrons. The van der Waals surface area contributed by atoms with Gasteiger partial charge in [0, 0.05) is 6.54 Å². The summed E-state index contributed by atoms with van der Waals surface area (Å²) >= 11 is 0. The van der Waals surface area contributed by atoms with Gasteiger partial charge < -0.3 is 15.2 Å². The highest BCUT2D eigenvalue weighted by Crippen LogP contribution is 2.10. The lowest BCUT2D eigenvalue weighted by atomic mass is 10.3. The molecule has 1 aromatic carbocycles. The Hall–Kier alpha value is -1.13. The Labute approximate surface area is 82.6 Å². The van der Waals surface area contributed by atoms with E-state index >= 15 is 0 Å². The summed E-state index contributed by atoms with van der Waals surface area (Å²) in [5.74, 6) is 0.375. The monoisotopic (exact) mass is 199 g/mol. The molecule has 0 saturated heterocycles. The van der Waals surface area contributed by atoms with Gasteiger partial charge in [0.15, 0.2) is 0 Å². The molecular formula is C10H14FNO2. The Bertz CT molecular complexity index is 251. The standard InChI is InChI=1S/C10H14FNO2/c11-9-1-3-10(4-2-9)14-8-7-13-6-5-12/h1-4H,5-8,12H2. The fourth-order valence-electron chi connectivity index (χ4n) is 0.935. The van der Waals surface area contributed by atoms with Crippen LogP contribution in [-0.4, -0.2) is 26.4 Å². The van der Waals surface area contributed by atoms with E-state index in [9.17, 15) is 4.39 Å². The Kier molecular flexibility index (Phi) is 4.96. The molecule has 0 saturated carbocycles. The summed E-state index contributed by atoms with van der Waals surface area (Å²) in [7, 11) is 0. The SMILES string of the molecule is NCCOCCOc1ccc(F)cc1. The van der Waals surface area contributed by atoms with Crippen molar-refractivity contribution in [2.45, 2.75) is 0 Å². The van der Waals surface area contributed by atoms with Crippen LogP contribution in [0.3, 0.4) is 0 Å². The van der Waals surface area contributed by atoms with E-state index in [-0.39, 0.29) is 5.82 Å². The van der Waals surface area contributed by atoms with Crippen molar-refractivity contribution < 1.29 is 13.9 Å². The van der Waals surface area contributed by atoms with Gasteiger partial charge in [-0.05, 0) is 24.3 Å². The largest absolute Gasteiger partial charge is 0.491 e. The minimum atomic E-state index is -0.267. The Morgan fingerprint density at radius 3 is 2.43 bits per heavy atom. The van der Waals surface area contributed by atoms with Gasteiger partial charge in [0.05, 0.1) is 13.2 Å². The molecular weight excluding hydrogens is 185 g/mol.